The zero-order chi connectivity index (χ0) is 9.84. The number of aliphatic hydroxyl groups excluding tert-OH is 1. The average Bonchev–Trinajstić information content (AvgIpc) is 2.54. The fourth-order valence-corrected chi connectivity index (χ4v) is 2.55. The number of halogens is 1. The quantitative estimate of drug-likeness (QED) is 0.907. The number of hydrogen-bond donors (Lipinski definition) is 1. The van der Waals surface area contributed by atoms with Crippen LogP contribution in [0.2, 0.25) is 0 Å². The molecule has 0 spiro atoms. The van der Waals surface area contributed by atoms with Crippen LogP contribution in [0, 0.1) is 17.2 Å². The summed E-state index contributed by atoms with van der Waals surface area (Å²) in [5.74, 6) is -0.300. The van der Waals surface area contributed by atoms with Gasteiger partial charge in [-0.3, -0.25) is 0 Å². The van der Waals surface area contributed by atoms with Crippen LogP contribution in [0.4, 0.5) is 0 Å². The molecule has 0 fully saturated rings. The van der Waals surface area contributed by atoms with E-state index in [2.05, 4.69) is 22.0 Å². The first-order valence-electron chi connectivity index (χ1n) is 4.02. The predicted molar refractivity (Wildman–Crippen MR) is 56.4 cm³/mol. The summed E-state index contributed by atoms with van der Waals surface area (Å²) in [6.45, 7) is 1.90. The molecule has 1 N–H and O–H groups in total. The molecule has 2 unspecified atom stereocenters. The normalized spacial score (nSPS) is 14.9. The zero-order valence-corrected chi connectivity index (χ0v) is 9.60. The largest absolute Gasteiger partial charge is 0.386 e. The molecule has 1 aromatic heterocycles. The molecule has 0 saturated carbocycles. The van der Waals surface area contributed by atoms with E-state index in [1.807, 2.05) is 19.1 Å². The Balaban J connectivity index is 2.78. The molecule has 2 atom stereocenters. The molecular weight excluding hydrogens is 250 g/mol. The van der Waals surface area contributed by atoms with Crippen molar-refractivity contribution in [2.24, 2.45) is 5.92 Å². The van der Waals surface area contributed by atoms with Crippen molar-refractivity contribution in [3.63, 3.8) is 0 Å². The fourth-order valence-electron chi connectivity index (χ4n) is 1.07. The van der Waals surface area contributed by atoms with E-state index in [0.717, 1.165) is 8.66 Å². The zero-order valence-electron chi connectivity index (χ0n) is 7.20. The molecule has 70 valence electrons. The van der Waals surface area contributed by atoms with E-state index in [4.69, 9.17) is 5.26 Å². The molecule has 13 heavy (non-hydrogen) atoms. The molecule has 0 amide bonds. The summed E-state index contributed by atoms with van der Waals surface area (Å²) in [6, 6.07) is 5.83. The Morgan fingerprint density at radius 3 is 2.77 bits per heavy atom. The van der Waals surface area contributed by atoms with Gasteiger partial charge in [0.05, 0.1) is 15.8 Å². The molecule has 0 saturated heterocycles. The average molecular weight is 260 g/mol. The van der Waals surface area contributed by atoms with Gasteiger partial charge in [-0.1, -0.05) is 6.92 Å². The standard InChI is InChI=1S/C9H10BrNOS/c1-2-6(5-11)9(12)7-3-4-8(10)13-7/h3-4,6,9,12H,2H2,1H3. The third-order valence-electron chi connectivity index (χ3n) is 1.87. The van der Waals surface area contributed by atoms with Crippen LogP contribution >= 0.6 is 27.3 Å². The minimum atomic E-state index is -0.647. The minimum Gasteiger partial charge on any atom is -0.386 e. The molecule has 0 radical (unpaired) electrons. The minimum absolute atomic E-state index is 0.300. The summed E-state index contributed by atoms with van der Waals surface area (Å²) < 4.78 is 0.981. The number of thiophene rings is 1. The number of nitrogens with zero attached hydrogens (tertiary/aromatic N) is 1. The molecule has 0 aliphatic carbocycles. The fraction of sp³-hybridized carbons (Fsp3) is 0.444. The van der Waals surface area contributed by atoms with Gasteiger partial charge in [0.1, 0.15) is 6.10 Å². The molecular formula is C9H10BrNOS. The van der Waals surface area contributed by atoms with E-state index in [1.54, 1.807) is 0 Å². The van der Waals surface area contributed by atoms with E-state index in [1.165, 1.54) is 11.3 Å². The van der Waals surface area contributed by atoms with Crippen molar-refractivity contribution in [3.8, 4) is 6.07 Å². The Morgan fingerprint density at radius 1 is 1.69 bits per heavy atom. The van der Waals surface area contributed by atoms with E-state index < -0.39 is 6.10 Å². The van der Waals surface area contributed by atoms with Crippen LogP contribution in [0.3, 0.4) is 0 Å². The Morgan fingerprint density at radius 2 is 2.38 bits per heavy atom. The maximum Gasteiger partial charge on any atom is 0.104 e. The third kappa shape index (κ3) is 2.53. The lowest BCUT2D eigenvalue weighted by molar-refractivity contribution is 0.136. The van der Waals surface area contributed by atoms with Crippen molar-refractivity contribution in [1.29, 1.82) is 5.26 Å². The van der Waals surface area contributed by atoms with Crippen molar-refractivity contribution in [2.45, 2.75) is 19.4 Å². The summed E-state index contributed by atoms with van der Waals surface area (Å²) in [5.41, 5.74) is 0. The first-order valence-corrected chi connectivity index (χ1v) is 5.63. The second kappa shape index (κ2) is 4.75. The van der Waals surface area contributed by atoms with Crippen LogP contribution < -0.4 is 0 Å². The monoisotopic (exact) mass is 259 g/mol. The Kier molecular flexibility index (Phi) is 3.91. The first-order chi connectivity index (χ1) is 6.19. The molecule has 1 rings (SSSR count). The molecule has 0 bridgehead atoms. The predicted octanol–water partition coefficient (Wildman–Crippen LogP) is 3.09. The van der Waals surface area contributed by atoms with Gasteiger partial charge in [-0.15, -0.1) is 11.3 Å². The maximum atomic E-state index is 9.76. The maximum absolute atomic E-state index is 9.76. The van der Waals surface area contributed by atoms with Gasteiger partial charge in [0.2, 0.25) is 0 Å². The lowest BCUT2D eigenvalue weighted by Gasteiger charge is -2.12. The topological polar surface area (TPSA) is 44.0 Å². The van der Waals surface area contributed by atoms with Gasteiger partial charge < -0.3 is 5.11 Å². The van der Waals surface area contributed by atoms with E-state index in [-0.39, 0.29) is 5.92 Å². The van der Waals surface area contributed by atoms with Crippen molar-refractivity contribution in [2.75, 3.05) is 0 Å². The first kappa shape index (κ1) is 10.7. The summed E-state index contributed by atoms with van der Waals surface area (Å²) in [5, 5.41) is 18.5. The van der Waals surface area contributed by atoms with Crippen LogP contribution in [-0.2, 0) is 0 Å². The summed E-state index contributed by atoms with van der Waals surface area (Å²) in [7, 11) is 0. The molecule has 4 heteroatoms. The Bertz CT molecular complexity index is 318. The van der Waals surface area contributed by atoms with Gasteiger partial charge in [-0.2, -0.15) is 5.26 Å². The highest BCUT2D eigenvalue weighted by atomic mass is 79.9. The van der Waals surface area contributed by atoms with Crippen molar-refractivity contribution < 1.29 is 5.11 Å². The molecule has 1 heterocycles. The second-order valence-electron chi connectivity index (χ2n) is 2.73. The van der Waals surface area contributed by atoms with Crippen LogP contribution in [0.25, 0.3) is 0 Å². The summed E-state index contributed by atoms with van der Waals surface area (Å²) in [4.78, 5) is 0.847. The van der Waals surface area contributed by atoms with Gasteiger partial charge in [0, 0.05) is 4.88 Å². The van der Waals surface area contributed by atoms with Crippen molar-refractivity contribution in [1.82, 2.24) is 0 Å². The van der Waals surface area contributed by atoms with Crippen molar-refractivity contribution >= 4 is 27.3 Å². The van der Waals surface area contributed by atoms with Gasteiger partial charge in [0.15, 0.2) is 0 Å². The van der Waals surface area contributed by atoms with Crippen LogP contribution in [0.5, 0.6) is 0 Å². The van der Waals surface area contributed by atoms with Crippen LogP contribution in [0.1, 0.15) is 24.3 Å². The highest BCUT2D eigenvalue weighted by molar-refractivity contribution is 9.11. The van der Waals surface area contributed by atoms with E-state index >= 15 is 0 Å². The molecule has 0 aromatic carbocycles. The highest BCUT2D eigenvalue weighted by Crippen LogP contribution is 2.32. The Hall–Kier alpha value is -0.370. The van der Waals surface area contributed by atoms with E-state index in [0.29, 0.717) is 6.42 Å². The van der Waals surface area contributed by atoms with Gasteiger partial charge in [-0.25, -0.2) is 0 Å². The van der Waals surface area contributed by atoms with Crippen LogP contribution in [0.15, 0.2) is 15.9 Å². The number of rotatable bonds is 3. The van der Waals surface area contributed by atoms with E-state index in [9.17, 15) is 5.11 Å². The number of hydrogen-bond acceptors (Lipinski definition) is 3. The molecule has 0 aliphatic heterocycles. The van der Waals surface area contributed by atoms with Gasteiger partial charge in [-0.05, 0) is 34.5 Å². The lowest BCUT2D eigenvalue weighted by atomic mass is 10.0. The molecule has 0 aliphatic rings. The third-order valence-corrected chi connectivity index (χ3v) is 3.57. The summed E-state index contributed by atoms with van der Waals surface area (Å²) in [6.07, 6.45) is 0.0269. The second-order valence-corrected chi connectivity index (χ2v) is 5.23. The van der Waals surface area contributed by atoms with Gasteiger partial charge >= 0.3 is 0 Å². The Labute approximate surface area is 90.0 Å². The highest BCUT2D eigenvalue weighted by Gasteiger charge is 2.19. The number of nitriles is 1. The summed E-state index contributed by atoms with van der Waals surface area (Å²) >= 11 is 4.79. The lowest BCUT2D eigenvalue weighted by Crippen LogP contribution is -2.07. The van der Waals surface area contributed by atoms with Crippen molar-refractivity contribution in [3.05, 3.63) is 20.8 Å². The SMILES string of the molecule is CCC(C#N)C(O)c1ccc(Br)s1. The molecule has 1 aromatic rings. The number of aliphatic hydroxyl groups is 1. The molecule has 2 nitrogen and oxygen atoms in total. The van der Waals surface area contributed by atoms with Crippen LogP contribution in [-0.4, -0.2) is 5.11 Å². The van der Waals surface area contributed by atoms with Gasteiger partial charge in [0.25, 0.3) is 0 Å². The smallest absolute Gasteiger partial charge is 0.104 e.